The largest absolute Gasteiger partial charge is 0.454 e. The van der Waals surface area contributed by atoms with Crippen molar-refractivity contribution in [2.24, 2.45) is 0 Å². The highest BCUT2D eigenvalue weighted by Crippen LogP contribution is 2.34. The molecule has 1 heterocycles. The fraction of sp³-hybridized carbons (Fsp3) is 0.423. The molecule has 1 fully saturated rings. The Morgan fingerprint density at radius 2 is 1.69 bits per heavy atom. The van der Waals surface area contributed by atoms with Crippen LogP contribution in [0.25, 0.3) is 0 Å². The van der Waals surface area contributed by atoms with E-state index in [9.17, 15) is 31.8 Å². The monoisotopic (exact) mass is 567 g/mol. The Balaban J connectivity index is 1.42. The predicted molar refractivity (Wildman–Crippen MR) is 138 cm³/mol. The van der Waals surface area contributed by atoms with Gasteiger partial charge in [-0.1, -0.05) is 25.3 Å². The molecule has 1 aliphatic heterocycles. The number of nitrogens with zero attached hydrogens (tertiary/aromatic N) is 1. The van der Waals surface area contributed by atoms with Gasteiger partial charge in [-0.2, -0.15) is 13.2 Å². The van der Waals surface area contributed by atoms with E-state index in [1.165, 1.54) is 12.1 Å². The third-order valence-corrected chi connectivity index (χ3v) is 7.44. The number of alkyl halides is 3. The second kappa shape index (κ2) is 12.5. The summed E-state index contributed by atoms with van der Waals surface area (Å²) in [5.74, 6) is -2.26. The van der Waals surface area contributed by atoms with Crippen LogP contribution in [0.15, 0.2) is 42.5 Å². The van der Waals surface area contributed by atoms with E-state index in [0.29, 0.717) is 17.2 Å². The first-order valence-electron chi connectivity index (χ1n) is 12.4. The third kappa shape index (κ3) is 7.94. The minimum Gasteiger partial charge on any atom is -0.454 e. The number of fused-ring (bicyclic) bond motifs is 1. The Bertz CT molecular complexity index is 1250. The summed E-state index contributed by atoms with van der Waals surface area (Å²) in [6.07, 6.45) is -0.124. The lowest BCUT2D eigenvalue weighted by Gasteiger charge is -2.26. The van der Waals surface area contributed by atoms with Crippen LogP contribution in [-0.2, 0) is 31.4 Å². The lowest BCUT2D eigenvalue weighted by Crippen LogP contribution is -2.46. The summed E-state index contributed by atoms with van der Waals surface area (Å²) in [6.45, 7) is -0.489. The van der Waals surface area contributed by atoms with Gasteiger partial charge in [-0.05, 0) is 43.2 Å². The molecule has 0 bridgehead atoms. The molecule has 2 aromatic carbocycles. The van der Waals surface area contributed by atoms with Gasteiger partial charge in [0, 0.05) is 34.3 Å². The number of rotatable bonds is 9. The maximum Gasteiger partial charge on any atom is 0.416 e. The minimum absolute atomic E-state index is 0.0555. The zero-order valence-electron chi connectivity index (χ0n) is 20.9. The smallest absolute Gasteiger partial charge is 0.416 e. The number of hydrogen-bond acceptors (Lipinski definition) is 6. The topological polar surface area (TPSA) is 114 Å². The van der Waals surface area contributed by atoms with Crippen molar-refractivity contribution in [3.05, 3.63) is 48.0 Å². The molecule has 3 amide bonds. The van der Waals surface area contributed by atoms with E-state index < -0.39 is 58.3 Å². The van der Waals surface area contributed by atoms with Crippen LogP contribution in [0.5, 0.6) is 11.5 Å². The standard InChI is InChI=1S/C26H28F3N3O6S/c27-26(28,29)17-5-4-8-20(11-17)32(13-23(33)30-18-6-2-1-3-7-18)25(35)15-39(36)14-24(34)31-19-9-10-21-22(12-19)38-16-37-21/h4-5,8-12,18H,1-3,6-7,13-16H2,(H,30,33)(H,31,34)/t39-/m0/s1. The maximum absolute atomic E-state index is 13.3. The van der Waals surface area contributed by atoms with Crippen LogP contribution in [0.4, 0.5) is 24.5 Å². The van der Waals surface area contributed by atoms with Crippen molar-refractivity contribution in [1.29, 1.82) is 0 Å². The van der Waals surface area contributed by atoms with Crippen molar-refractivity contribution in [3.63, 3.8) is 0 Å². The zero-order chi connectivity index (χ0) is 28.0. The van der Waals surface area contributed by atoms with Crippen LogP contribution in [-0.4, -0.2) is 52.8 Å². The van der Waals surface area contributed by atoms with Crippen LogP contribution in [0.2, 0.25) is 0 Å². The van der Waals surface area contributed by atoms with E-state index in [1.807, 2.05) is 0 Å². The summed E-state index contributed by atoms with van der Waals surface area (Å²) in [5, 5.41) is 5.39. The van der Waals surface area contributed by atoms with Crippen molar-refractivity contribution < 1.29 is 41.2 Å². The molecule has 0 aromatic heterocycles. The lowest BCUT2D eigenvalue weighted by atomic mass is 9.95. The summed E-state index contributed by atoms with van der Waals surface area (Å²) in [5.41, 5.74) is -0.775. The Hall–Kier alpha value is -3.61. The highest BCUT2D eigenvalue weighted by atomic mass is 32.2. The number of amides is 3. The molecule has 0 radical (unpaired) electrons. The van der Waals surface area contributed by atoms with Crippen LogP contribution in [0.1, 0.15) is 37.7 Å². The van der Waals surface area contributed by atoms with E-state index in [2.05, 4.69) is 10.6 Å². The summed E-state index contributed by atoms with van der Waals surface area (Å²) < 4.78 is 63.1. The molecule has 4 rings (SSSR count). The molecular weight excluding hydrogens is 539 g/mol. The summed E-state index contributed by atoms with van der Waals surface area (Å²) in [7, 11) is -2.00. The van der Waals surface area contributed by atoms with E-state index in [0.717, 1.165) is 55.2 Å². The van der Waals surface area contributed by atoms with Gasteiger partial charge in [-0.3, -0.25) is 18.6 Å². The van der Waals surface area contributed by atoms with E-state index >= 15 is 0 Å². The third-order valence-electron chi connectivity index (χ3n) is 6.29. The molecule has 1 aliphatic carbocycles. The fourth-order valence-electron chi connectivity index (χ4n) is 4.42. The number of anilines is 2. The quantitative estimate of drug-likeness (QED) is 0.479. The number of carbonyl (C=O) groups is 3. The molecule has 2 aliphatic rings. The highest BCUT2D eigenvalue weighted by Gasteiger charge is 2.32. The van der Waals surface area contributed by atoms with Crippen molar-refractivity contribution in [1.82, 2.24) is 5.32 Å². The van der Waals surface area contributed by atoms with Crippen molar-refractivity contribution in [2.75, 3.05) is 35.1 Å². The number of ether oxygens (including phenoxy) is 2. The summed E-state index contributed by atoms with van der Waals surface area (Å²) in [6, 6.07) is 8.66. The normalized spacial score (nSPS) is 15.9. The van der Waals surface area contributed by atoms with Crippen molar-refractivity contribution >= 4 is 39.9 Å². The molecule has 0 saturated heterocycles. The maximum atomic E-state index is 13.3. The van der Waals surface area contributed by atoms with Gasteiger partial charge < -0.3 is 25.0 Å². The van der Waals surface area contributed by atoms with Crippen LogP contribution < -0.4 is 25.0 Å². The van der Waals surface area contributed by atoms with Gasteiger partial charge in [-0.25, -0.2) is 0 Å². The molecule has 2 aromatic rings. The van der Waals surface area contributed by atoms with E-state index in [4.69, 9.17) is 9.47 Å². The zero-order valence-corrected chi connectivity index (χ0v) is 21.7. The van der Waals surface area contributed by atoms with Crippen LogP contribution >= 0.6 is 0 Å². The van der Waals surface area contributed by atoms with E-state index in [1.54, 1.807) is 12.1 Å². The Labute approximate surface area is 225 Å². The van der Waals surface area contributed by atoms with Gasteiger partial charge in [0.05, 0.1) is 5.56 Å². The second-order valence-corrected chi connectivity index (χ2v) is 10.7. The van der Waals surface area contributed by atoms with Gasteiger partial charge >= 0.3 is 6.18 Å². The summed E-state index contributed by atoms with van der Waals surface area (Å²) >= 11 is 0. The fourth-order valence-corrected chi connectivity index (χ4v) is 5.32. The predicted octanol–water partition coefficient (Wildman–Crippen LogP) is 3.60. The molecule has 13 heteroatoms. The molecule has 1 saturated carbocycles. The first-order valence-corrected chi connectivity index (χ1v) is 13.9. The van der Waals surface area contributed by atoms with Crippen molar-refractivity contribution in [2.45, 2.75) is 44.3 Å². The number of benzene rings is 2. The molecule has 1 atom stereocenters. The van der Waals surface area contributed by atoms with Gasteiger partial charge in [0.2, 0.25) is 24.5 Å². The van der Waals surface area contributed by atoms with Crippen LogP contribution in [0, 0.1) is 0 Å². The van der Waals surface area contributed by atoms with Gasteiger partial charge in [0.1, 0.15) is 18.1 Å². The van der Waals surface area contributed by atoms with Crippen molar-refractivity contribution in [3.8, 4) is 11.5 Å². The molecule has 210 valence electrons. The number of nitrogens with one attached hydrogen (secondary N) is 2. The Morgan fingerprint density at radius 1 is 0.949 bits per heavy atom. The minimum atomic E-state index is -4.66. The van der Waals surface area contributed by atoms with Gasteiger partial charge in [0.25, 0.3) is 0 Å². The first kappa shape index (κ1) is 28.4. The average Bonchev–Trinajstić information content (AvgIpc) is 3.35. The summed E-state index contributed by atoms with van der Waals surface area (Å²) in [4.78, 5) is 39.1. The molecular formula is C26H28F3N3O6S. The number of halogens is 3. The second-order valence-electron chi connectivity index (χ2n) is 9.28. The Kier molecular flexibility index (Phi) is 9.10. The molecule has 0 unspecified atom stereocenters. The Morgan fingerprint density at radius 3 is 2.44 bits per heavy atom. The molecule has 0 spiro atoms. The SMILES string of the molecule is O=C(C[S@](=O)CC(=O)N(CC(=O)NC1CCCCC1)c1cccc(C(F)(F)F)c1)Nc1ccc2c(c1)OCO2. The highest BCUT2D eigenvalue weighted by molar-refractivity contribution is 7.86. The molecule has 39 heavy (non-hydrogen) atoms. The van der Waals surface area contributed by atoms with E-state index in [-0.39, 0.29) is 18.5 Å². The number of hydrogen-bond donors (Lipinski definition) is 2. The number of carbonyl (C=O) groups excluding carboxylic acids is 3. The first-order chi connectivity index (χ1) is 18.6. The lowest BCUT2D eigenvalue weighted by molar-refractivity contribution is -0.137. The van der Waals surface area contributed by atoms with Gasteiger partial charge in [0.15, 0.2) is 11.5 Å². The van der Waals surface area contributed by atoms with Crippen LogP contribution in [0.3, 0.4) is 0 Å². The van der Waals surface area contributed by atoms with Gasteiger partial charge in [-0.15, -0.1) is 0 Å². The average molecular weight is 568 g/mol. The molecule has 9 nitrogen and oxygen atoms in total. The molecule has 2 N–H and O–H groups in total.